The largest absolute Gasteiger partial charge is 0.509 e. The van der Waals surface area contributed by atoms with Gasteiger partial charge in [-0.25, -0.2) is 4.79 Å². The number of nitrogens with zero attached hydrogens (tertiary/aromatic N) is 2. The van der Waals surface area contributed by atoms with Crippen molar-refractivity contribution in [2.24, 2.45) is 0 Å². The van der Waals surface area contributed by atoms with E-state index in [1.165, 1.54) is 24.1 Å². The molecule has 190 valence electrons. The number of amides is 1. The molecule has 1 saturated heterocycles. The molecule has 4 nitrogen and oxygen atoms in total. The molecule has 0 radical (unpaired) electrons. The molecule has 1 heterocycles. The minimum Gasteiger partial charge on any atom is -0.448 e. The molecule has 1 aliphatic carbocycles. The van der Waals surface area contributed by atoms with E-state index in [-0.39, 0.29) is 29.7 Å². The summed E-state index contributed by atoms with van der Waals surface area (Å²) in [4.78, 5) is 16.6. The van der Waals surface area contributed by atoms with E-state index in [2.05, 4.69) is 30.2 Å². The Labute approximate surface area is 215 Å². The van der Waals surface area contributed by atoms with Crippen LogP contribution in [0.25, 0.3) is 11.1 Å². The van der Waals surface area contributed by atoms with Crippen molar-refractivity contribution in [1.29, 1.82) is 0 Å². The summed E-state index contributed by atoms with van der Waals surface area (Å²) in [5.74, 6) is 2.37. The molecule has 0 spiro atoms. The third-order valence-electron chi connectivity index (χ3n) is 7.39. The molecule has 8 heteroatoms. The third kappa shape index (κ3) is 4.96. The first-order valence-corrected chi connectivity index (χ1v) is 12.4. The van der Waals surface area contributed by atoms with Gasteiger partial charge >= 0.3 is 13.1 Å². The summed E-state index contributed by atoms with van der Waals surface area (Å²) in [6, 6.07) is 19.2. The lowest BCUT2D eigenvalue weighted by molar-refractivity contribution is 0.0728. The van der Waals surface area contributed by atoms with Crippen LogP contribution < -0.4 is 5.46 Å². The molecule has 0 bridgehead atoms. The number of halogens is 3. The maximum atomic E-state index is 13.5. The number of fused-ring (bicyclic) bond motifs is 3. The summed E-state index contributed by atoms with van der Waals surface area (Å²) < 4.78 is 46.4. The maximum Gasteiger partial charge on any atom is 0.509 e. The summed E-state index contributed by atoms with van der Waals surface area (Å²) >= 11 is 0. The van der Waals surface area contributed by atoms with Crippen LogP contribution in [0, 0.1) is 19.3 Å². The molecule has 1 aliphatic heterocycles. The topological polar surface area (TPSA) is 32.8 Å². The Hall–Kier alpha value is -3.70. The second kappa shape index (κ2) is 9.99. The van der Waals surface area contributed by atoms with Gasteiger partial charge in [0.05, 0.1) is 0 Å². The molecule has 0 N–H and O–H groups in total. The summed E-state index contributed by atoms with van der Waals surface area (Å²) in [5, 5.41) is 0. The van der Waals surface area contributed by atoms with Crippen LogP contribution in [0.5, 0.6) is 0 Å². The van der Waals surface area contributed by atoms with Crippen LogP contribution in [0.2, 0.25) is 0 Å². The molecule has 3 aromatic rings. The van der Waals surface area contributed by atoms with Crippen molar-refractivity contribution < 1.29 is 22.5 Å². The lowest BCUT2D eigenvalue weighted by Crippen LogP contribution is -2.48. The molecule has 2 aliphatic rings. The van der Waals surface area contributed by atoms with Gasteiger partial charge in [0.1, 0.15) is 6.61 Å². The minimum absolute atomic E-state index is 0.00560. The lowest BCUT2D eigenvalue weighted by atomic mass is 9.75. The molecule has 0 atom stereocenters. The monoisotopic (exact) mass is 503 g/mol. The van der Waals surface area contributed by atoms with Crippen LogP contribution >= 0.6 is 0 Å². The molecule has 0 aromatic heterocycles. The van der Waals surface area contributed by atoms with Crippen LogP contribution in [-0.2, 0) is 11.3 Å². The summed E-state index contributed by atoms with van der Waals surface area (Å²) in [6.07, 6.45) is 5.09. The van der Waals surface area contributed by atoms with E-state index in [1.807, 2.05) is 29.2 Å². The van der Waals surface area contributed by atoms with Crippen LogP contribution in [0.4, 0.5) is 17.7 Å². The maximum absolute atomic E-state index is 13.5. The lowest BCUT2D eigenvalue weighted by Gasteiger charge is -2.34. The standard InChI is InChI=1S/C29H27BF3N2O2/c1-3-22-16-21(17-28(20(22)2)30(31,32)33)18-34-12-14-35(15-13-34)29(36)37-19-27-25-10-6-4-8-23(25)24-9-5-7-11-26(24)27/h1,4-11,16-17,27H,12-15,18-19H2,2H3/q-1. The highest BCUT2D eigenvalue weighted by atomic mass is 19.4. The number of carbonyl (C=O) groups excluding carboxylic acids is 1. The predicted octanol–water partition coefficient (Wildman–Crippen LogP) is 5.10. The highest BCUT2D eigenvalue weighted by Crippen LogP contribution is 2.44. The van der Waals surface area contributed by atoms with Crippen molar-refractivity contribution in [2.75, 3.05) is 32.8 Å². The first kappa shape index (κ1) is 25.0. The summed E-state index contributed by atoms with van der Waals surface area (Å²) in [6.45, 7) is -1.18. The van der Waals surface area contributed by atoms with Gasteiger partial charge in [-0.05, 0) is 40.8 Å². The fourth-order valence-electron chi connectivity index (χ4n) is 5.41. The number of hydrogen-bond acceptors (Lipinski definition) is 3. The molecular weight excluding hydrogens is 476 g/mol. The highest BCUT2D eigenvalue weighted by Gasteiger charge is 2.31. The molecule has 3 aromatic carbocycles. The molecule has 0 saturated carbocycles. The third-order valence-corrected chi connectivity index (χ3v) is 7.39. The summed E-state index contributed by atoms with van der Waals surface area (Å²) in [5.41, 5.74) is 4.92. The van der Waals surface area contributed by atoms with E-state index in [0.29, 0.717) is 38.3 Å². The highest BCUT2D eigenvalue weighted by molar-refractivity contribution is 6.74. The average molecular weight is 503 g/mol. The van der Waals surface area contributed by atoms with E-state index in [0.717, 1.165) is 11.1 Å². The Kier molecular flexibility index (Phi) is 6.74. The van der Waals surface area contributed by atoms with Crippen molar-refractivity contribution in [3.8, 4) is 23.5 Å². The Balaban J connectivity index is 1.19. The zero-order chi connectivity index (χ0) is 26.2. The van der Waals surface area contributed by atoms with Crippen LogP contribution in [0.1, 0.15) is 33.7 Å². The van der Waals surface area contributed by atoms with Crippen molar-refractivity contribution in [3.05, 3.63) is 88.5 Å². The second-order valence-corrected chi connectivity index (χ2v) is 9.64. The Morgan fingerprint density at radius 3 is 2.16 bits per heavy atom. The number of hydrogen-bond donors (Lipinski definition) is 0. The number of terminal acetylenes is 1. The number of piperazine rings is 1. The first-order chi connectivity index (χ1) is 17.8. The first-order valence-electron chi connectivity index (χ1n) is 12.4. The fraction of sp³-hybridized carbons (Fsp3) is 0.276. The van der Waals surface area contributed by atoms with E-state index in [1.54, 1.807) is 11.0 Å². The van der Waals surface area contributed by atoms with Crippen LogP contribution in [0.3, 0.4) is 0 Å². The molecule has 37 heavy (non-hydrogen) atoms. The average Bonchev–Trinajstić information content (AvgIpc) is 3.21. The van der Waals surface area contributed by atoms with Gasteiger partial charge in [0, 0.05) is 44.2 Å². The van der Waals surface area contributed by atoms with Gasteiger partial charge in [-0.15, -0.1) is 11.9 Å². The zero-order valence-corrected chi connectivity index (χ0v) is 20.6. The van der Waals surface area contributed by atoms with Crippen molar-refractivity contribution in [2.45, 2.75) is 19.4 Å². The second-order valence-electron chi connectivity index (χ2n) is 9.64. The minimum atomic E-state index is -5.15. The molecule has 1 fully saturated rings. The smallest absolute Gasteiger partial charge is 0.448 e. The fourth-order valence-corrected chi connectivity index (χ4v) is 5.41. The van der Waals surface area contributed by atoms with Gasteiger partial charge in [0.15, 0.2) is 0 Å². The summed E-state index contributed by atoms with van der Waals surface area (Å²) in [7, 11) is 0. The van der Waals surface area contributed by atoms with Gasteiger partial charge < -0.3 is 22.6 Å². The quantitative estimate of drug-likeness (QED) is 0.359. The van der Waals surface area contributed by atoms with E-state index in [9.17, 15) is 17.7 Å². The van der Waals surface area contributed by atoms with Gasteiger partial charge in [-0.2, -0.15) is 0 Å². The Morgan fingerprint density at radius 1 is 1.00 bits per heavy atom. The SMILES string of the molecule is C#Cc1cc(CN2CCN(C(=O)OCC3c4ccccc4-c4ccccc43)CC2)cc([B-](F)(F)F)c1C. The van der Waals surface area contributed by atoms with Crippen LogP contribution in [0.15, 0.2) is 60.7 Å². The molecule has 5 rings (SSSR count). The Morgan fingerprint density at radius 2 is 1.59 bits per heavy atom. The van der Waals surface area contributed by atoms with Crippen molar-refractivity contribution in [3.63, 3.8) is 0 Å². The normalized spacial score (nSPS) is 15.7. The molecule has 1 amide bonds. The van der Waals surface area contributed by atoms with E-state index >= 15 is 0 Å². The zero-order valence-electron chi connectivity index (χ0n) is 20.6. The molecular formula is C29H27BF3N2O2-. The van der Waals surface area contributed by atoms with Crippen molar-refractivity contribution in [1.82, 2.24) is 9.80 Å². The predicted molar refractivity (Wildman–Crippen MR) is 140 cm³/mol. The van der Waals surface area contributed by atoms with Gasteiger partial charge in [-0.1, -0.05) is 66.1 Å². The van der Waals surface area contributed by atoms with Gasteiger partial charge in [-0.3, -0.25) is 4.90 Å². The van der Waals surface area contributed by atoms with E-state index in [4.69, 9.17) is 11.2 Å². The Bertz CT molecular complexity index is 1330. The number of benzene rings is 3. The number of rotatable bonds is 5. The van der Waals surface area contributed by atoms with Crippen molar-refractivity contribution >= 4 is 18.5 Å². The molecule has 0 unspecified atom stereocenters. The number of carbonyl (C=O) groups is 1. The van der Waals surface area contributed by atoms with E-state index < -0.39 is 12.4 Å². The van der Waals surface area contributed by atoms with Gasteiger partial charge in [0.25, 0.3) is 0 Å². The van der Waals surface area contributed by atoms with Crippen LogP contribution in [-0.4, -0.2) is 55.7 Å². The van der Waals surface area contributed by atoms with Gasteiger partial charge in [0.2, 0.25) is 0 Å². The number of ether oxygens (including phenoxy) is 1.